The summed E-state index contributed by atoms with van der Waals surface area (Å²) >= 11 is 12.6. The SMILES string of the molecule is CCOc1ccc(C(=O)N/N=C/c2cc(Cl)c(OCc3ccc(F)cc3)c(Cl)c2)cc1OC. The number of nitrogens with zero attached hydrogens (tertiary/aromatic N) is 1. The number of nitrogens with one attached hydrogen (secondary N) is 1. The van der Waals surface area contributed by atoms with Crippen LogP contribution in [0.25, 0.3) is 0 Å². The Bertz CT molecular complexity index is 1130. The minimum Gasteiger partial charge on any atom is -0.493 e. The lowest BCUT2D eigenvalue weighted by Crippen LogP contribution is -2.17. The molecule has 0 aliphatic rings. The fourth-order valence-corrected chi connectivity index (χ4v) is 3.45. The molecule has 0 spiro atoms. The first-order chi connectivity index (χ1) is 15.9. The van der Waals surface area contributed by atoms with Crippen LogP contribution in [0.5, 0.6) is 17.2 Å². The number of hydrogen-bond acceptors (Lipinski definition) is 5. The van der Waals surface area contributed by atoms with Gasteiger partial charge in [0, 0.05) is 5.56 Å². The zero-order valence-corrected chi connectivity index (χ0v) is 19.4. The number of hydrazone groups is 1. The molecule has 0 atom stereocenters. The van der Waals surface area contributed by atoms with Crippen LogP contribution in [-0.4, -0.2) is 25.8 Å². The molecule has 0 aliphatic carbocycles. The normalized spacial score (nSPS) is 10.8. The Kier molecular flexibility index (Phi) is 8.52. The van der Waals surface area contributed by atoms with Crippen LogP contribution in [0.4, 0.5) is 4.39 Å². The Morgan fingerprint density at radius 1 is 1.03 bits per heavy atom. The maximum absolute atomic E-state index is 13.0. The van der Waals surface area contributed by atoms with Gasteiger partial charge in [0.2, 0.25) is 0 Å². The van der Waals surface area contributed by atoms with Crippen molar-refractivity contribution in [3.63, 3.8) is 0 Å². The molecule has 172 valence electrons. The van der Waals surface area contributed by atoms with Crippen LogP contribution >= 0.6 is 23.2 Å². The average Bonchev–Trinajstić information content (AvgIpc) is 2.80. The number of benzene rings is 3. The summed E-state index contributed by atoms with van der Waals surface area (Å²) in [5.74, 6) is 0.538. The molecule has 1 N–H and O–H groups in total. The van der Waals surface area contributed by atoms with Gasteiger partial charge in [0.15, 0.2) is 17.2 Å². The minimum absolute atomic E-state index is 0.175. The summed E-state index contributed by atoms with van der Waals surface area (Å²) in [5, 5.41) is 4.50. The van der Waals surface area contributed by atoms with Gasteiger partial charge >= 0.3 is 0 Å². The average molecular weight is 491 g/mol. The molecule has 0 unspecified atom stereocenters. The van der Waals surface area contributed by atoms with Crippen LogP contribution in [-0.2, 0) is 6.61 Å². The van der Waals surface area contributed by atoms with Crippen LogP contribution in [0.2, 0.25) is 10.0 Å². The Labute approximate surface area is 200 Å². The molecule has 3 aromatic carbocycles. The topological polar surface area (TPSA) is 69.2 Å². The van der Waals surface area contributed by atoms with E-state index in [0.717, 1.165) is 5.56 Å². The van der Waals surface area contributed by atoms with Crippen LogP contribution in [0.1, 0.15) is 28.4 Å². The fraction of sp³-hybridized carbons (Fsp3) is 0.167. The quantitative estimate of drug-likeness (QED) is 0.300. The lowest BCUT2D eigenvalue weighted by Gasteiger charge is -2.11. The summed E-state index contributed by atoms with van der Waals surface area (Å²) in [4.78, 5) is 12.4. The van der Waals surface area contributed by atoms with Gasteiger partial charge in [0.05, 0.1) is 30.0 Å². The van der Waals surface area contributed by atoms with E-state index in [2.05, 4.69) is 10.5 Å². The first-order valence-electron chi connectivity index (χ1n) is 9.91. The summed E-state index contributed by atoms with van der Waals surface area (Å²) in [7, 11) is 1.50. The first kappa shape index (κ1) is 24.4. The highest BCUT2D eigenvalue weighted by molar-refractivity contribution is 6.37. The molecule has 0 fully saturated rings. The number of ether oxygens (including phenoxy) is 3. The van der Waals surface area contributed by atoms with Crippen molar-refractivity contribution >= 4 is 35.3 Å². The van der Waals surface area contributed by atoms with Crippen LogP contribution in [0.15, 0.2) is 59.7 Å². The van der Waals surface area contributed by atoms with Gasteiger partial charge in [-0.2, -0.15) is 5.10 Å². The van der Waals surface area contributed by atoms with Crippen molar-refractivity contribution in [2.75, 3.05) is 13.7 Å². The number of carbonyl (C=O) groups is 1. The minimum atomic E-state index is -0.427. The number of rotatable bonds is 9. The van der Waals surface area contributed by atoms with E-state index in [1.807, 2.05) is 6.92 Å². The highest BCUT2D eigenvalue weighted by Crippen LogP contribution is 2.34. The summed E-state index contributed by atoms with van der Waals surface area (Å²) in [6.07, 6.45) is 1.41. The third kappa shape index (κ3) is 6.60. The van der Waals surface area contributed by atoms with Crippen LogP contribution in [0, 0.1) is 5.82 Å². The summed E-state index contributed by atoms with van der Waals surface area (Å²) in [6.45, 7) is 2.51. The first-order valence-corrected chi connectivity index (χ1v) is 10.7. The van der Waals surface area contributed by atoms with Crippen molar-refractivity contribution in [3.8, 4) is 17.2 Å². The summed E-state index contributed by atoms with van der Waals surface area (Å²) < 4.78 is 29.4. The predicted molar refractivity (Wildman–Crippen MR) is 126 cm³/mol. The number of hydrogen-bond donors (Lipinski definition) is 1. The van der Waals surface area contributed by atoms with Crippen LogP contribution in [0.3, 0.4) is 0 Å². The van der Waals surface area contributed by atoms with Crippen LogP contribution < -0.4 is 19.6 Å². The van der Waals surface area contributed by atoms with Crippen molar-refractivity contribution < 1.29 is 23.4 Å². The second-order valence-corrected chi connectivity index (χ2v) is 7.54. The molecular weight excluding hydrogens is 470 g/mol. The summed E-state index contributed by atoms with van der Waals surface area (Å²) in [6, 6.07) is 14.0. The Hall–Kier alpha value is -3.29. The molecule has 0 bridgehead atoms. The maximum atomic E-state index is 13.0. The second-order valence-electron chi connectivity index (χ2n) is 6.73. The number of methoxy groups -OCH3 is 1. The molecule has 3 rings (SSSR count). The molecular formula is C24H21Cl2FN2O4. The van der Waals surface area contributed by atoms with E-state index in [-0.39, 0.29) is 22.5 Å². The van der Waals surface area contributed by atoms with E-state index in [4.69, 9.17) is 37.4 Å². The lowest BCUT2D eigenvalue weighted by molar-refractivity contribution is 0.0954. The van der Waals surface area contributed by atoms with E-state index >= 15 is 0 Å². The molecule has 0 saturated carbocycles. The number of halogens is 3. The molecule has 6 nitrogen and oxygen atoms in total. The third-order valence-corrected chi connectivity index (χ3v) is 4.98. The van der Waals surface area contributed by atoms with Gasteiger partial charge in [0.25, 0.3) is 5.91 Å². The Balaban J connectivity index is 1.64. The van der Waals surface area contributed by atoms with Crippen molar-refractivity contribution in [3.05, 3.63) is 87.2 Å². The smallest absolute Gasteiger partial charge is 0.271 e. The monoisotopic (exact) mass is 490 g/mol. The molecule has 0 aromatic heterocycles. The van der Waals surface area contributed by atoms with E-state index in [1.54, 1.807) is 42.5 Å². The summed E-state index contributed by atoms with van der Waals surface area (Å²) in [5.41, 5.74) is 4.12. The van der Waals surface area contributed by atoms with E-state index in [1.165, 1.54) is 25.5 Å². The molecule has 1 amide bonds. The van der Waals surface area contributed by atoms with Gasteiger partial charge in [-0.3, -0.25) is 4.79 Å². The lowest BCUT2D eigenvalue weighted by atomic mass is 10.2. The van der Waals surface area contributed by atoms with E-state index in [0.29, 0.717) is 35.0 Å². The molecule has 0 radical (unpaired) electrons. The van der Waals surface area contributed by atoms with Gasteiger partial charge in [-0.05, 0) is 60.5 Å². The predicted octanol–water partition coefficient (Wildman–Crippen LogP) is 5.88. The zero-order valence-electron chi connectivity index (χ0n) is 17.9. The number of amides is 1. The van der Waals surface area contributed by atoms with Crippen molar-refractivity contribution in [2.24, 2.45) is 5.10 Å². The van der Waals surface area contributed by atoms with Gasteiger partial charge < -0.3 is 14.2 Å². The molecule has 0 saturated heterocycles. The van der Waals surface area contributed by atoms with Gasteiger partial charge in [-0.1, -0.05) is 35.3 Å². The molecule has 0 heterocycles. The zero-order chi connectivity index (χ0) is 23.8. The molecule has 9 heteroatoms. The van der Waals surface area contributed by atoms with Gasteiger partial charge in [-0.15, -0.1) is 0 Å². The largest absolute Gasteiger partial charge is 0.493 e. The highest BCUT2D eigenvalue weighted by atomic mass is 35.5. The van der Waals surface area contributed by atoms with Crippen molar-refractivity contribution in [1.29, 1.82) is 0 Å². The highest BCUT2D eigenvalue weighted by Gasteiger charge is 2.12. The van der Waals surface area contributed by atoms with Gasteiger partial charge in [0.1, 0.15) is 12.4 Å². The Morgan fingerprint density at radius 3 is 2.36 bits per heavy atom. The molecule has 3 aromatic rings. The van der Waals surface area contributed by atoms with Crippen molar-refractivity contribution in [2.45, 2.75) is 13.5 Å². The van der Waals surface area contributed by atoms with E-state index < -0.39 is 5.91 Å². The van der Waals surface area contributed by atoms with Gasteiger partial charge in [-0.25, -0.2) is 9.82 Å². The second kappa shape index (κ2) is 11.5. The molecule has 33 heavy (non-hydrogen) atoms. The Morgan fingerprint density at radius 2 is 1.73 bits per heavy atom. The van der Waals surface area contributed by atoms with E-state index in [9.17, 15) is 9.18 Å². The maximum Gasteiger partial charge on any atom is 0.271 e. The fourth-order valence-electron chi connectivity index (χ4n) is 2.84. The van der Waals surface area contributed by atoms with Crippen molar-refractivity contribution in [1.82, 2.24) is 5.43 Å². The number of carbonyl (C=O) groups excluding carboxylic acids is 1. The standard InChI is InChI=1S/C24H21Cl2FN2O4/c1-3-32-21-9-6-17(12-22(21)31-2)24(30)29-28-13-16-10-19(25)23(20(26)11-16)33-14-15-4-7-18(27)8-5-15/h4-13H,3,14H2,1-2H3,(H,29,30)/b28-13+. The molecule has 0 aliphatic heterocycles. The third-order valence-electron chi connectivity index (χ3n) is 4.42.